The van der Waals surface area contributed by atoms with Crippen molar-refractivity contribution in [3.63, 3.8) is 0 Å². The Morgan fingerprint density at radius 2 is 1.92 bits per heavy atom. The van der Waals surface area contributed by atoms with Crippen molar-refractivity contribution in [2.24, 2.45) is 0 Å². The minimum atomic E-state index is 1.03. The van der Waals surface area contributed by atoms with Crippen LogP contribution < -0.4 is 0 Å². The van der Waals surface area contributed by atoms with E-state index in [0.29, 0.717) is 0 Å². The average Bonchev–Trinajstić information content (AvgIpc) is 2.20. The second-order valence-electron chi connectivity index (χ2n) is 2.83. The molecule has 1 aromatic rings. The molecule has 0 fully saturated rings. The van der Waals surface area contributed by atoms with Gasteiger partial charge in [-0.1, -0.05) is 57.2 Å². The van der Waals surface area contributed by atoms with Gasteiger partial charge in [0.1, 0.15) is 0 Å². The summed E-state index contributed by atoms with van der Waals surface area (Å²) in [5, 5.41) is 0. The minimum Gasteiger partial charge on any atom is -0.0952 e. The number of hydrogen-bond acceptors (Lipinski definition) is 0. The zero-order valence-corrected chi connectivity index (χ0v) is 9.22. The van der Waals surface area contributed by atoms with Crippen LogP contribution in [-0.4, -0.2) is 0 Å². The second-order valence-corrected chi connectivity index (χ2v) is 2.83. The predicted octanol–water partition coefficient (Wildman–Crippen LogP) is 4.44. The lowest BCUT2D eigenvalue weighted by atomic mass is 10.0. The van der Waals surface area contributed by atoms with Crippen molar-refractivity contribution in [2.75, 3.05) is 0 Å². The van der Waals surface area contributed by atoms with Crippen molar-refractivity contribution in [3.05, 3.63) is 42.0 Å². The predicted molar refractivity (Wildman–Crippen MR) is 61.9 cm³/mol. The first-order valence-corrected chi connectivity index (χ1v) is 4.99. The van der Waals surface area contributed by atoms with E-state index in [1.165, 1.54) is 16.7 Å². The molecule has 0 saturated heterocycles. The smallest absolute Gasteiger partial charge is 0.0228 e. The van der Waals surface area contributed by atoms with Gasteiger partial charge in [-0.05, 0) is 24.5 Å². The first-order valence-electron chi connectivity index (χ1n) is 4.99. The molecule has 0 bridgehead atoms. The fourth-order valence-electron chi connectivity index (χ4n) is 1.07. The number of hydrogen-bond donors (Lipinski definition) is 0. The van der Waals surface area contributed by atoms with Crippen molar-refractivity contribution >= 4 is 5.57 Å². The minimum absolute atomic E-state index is 1.03. The third-order valence-electron chi connectivity index (χ3n) is 1.85. The van der Waals surface area contributed by atoms with Gasteiger partial charge in [0.05, 0.1) is 0 Å². The van der Waals surface area contributed by atoms with Crippen LogP contribution in [0.5, 0.6) is 0 Å². The highest BCUT2D eigenvalue weighted by Crippen LogP contribution is 2.16. The Labute approximate surface area is 82.3 Å². The summed E-state index contributed by atoms with van der Waals surface area (Å²) in [6.45, 7) is 12.2. The number of allylic oxidation sites excluding steroid dienone is 1. The van der Waals surface area contributed by atoms with Gasteiger partial charge in [-0.2, -0.15) is 0 Å². The summed E-state index contributed by atoms with van der Waals surface area (Å²) in [5.41, 5.74) is 3.79. The molecule has 72 valence electrons. The molecule has 13 heavy (non-hydrogen) atoms. The number of aryl methyl sites for hydroxylation is 1. The second kappa shape index (κ2) is 6.47. The molecule has 0 saturated carbocycles. The normalized spacial score (nSPS) is 8.62. The highest BCUT2D eigenvalue weighted by molar-refractivity contribution is 5.63. The molecule has 0 amide bonds. The first kappa shape index (κ1) is 12.0. The largest absolute Gasteiger partial charge is 0.0952 e. The summed E-state index contributed by atoms with van der Waals surface area (Å²) < 4.78 is 0. The van der Waals surface area contributed by atoms with Crippen molar-refractivity contribution in [2.45, 2.75) is 34.1 Å². The molecule has 0 heteroatoms. The van der Waals surface area contributed by atoms with Crippen molar-refractivity contribution in [1.29, 1.82) is 0 Å². The van der Waals surface area contributed by atoms with Crippen molar-refractivity contribution in [3.8, 4) is 0 Å². The molecule has 0 nitrogen and oxygen atoms in total. The van der Waals surface area contributed by atoms with Crippen LogP contribution in [0, 0.1) is 6.92 Å². The Kier molecular flexibility index (Phi) is 5.96. The Balaban J connectivity index is 0.000000671. The molecule has 0 aliphatic carbocycles. The third-order valence-corrected chi connectivity index (χ3v) is 1.85. The van der Waals surface area contributed by atoms with E-state index in [2.05, 4.69) is 44.7 Å². The maximum Gasteiger partial charge on any atom is -0.0228 e. The molecular formula is C13H20. The summed E-state index contributed by atoms with van der Waals surface area (Å²) in [7, 11) is 0. The van der Waals surface area contributed by atoms with E-state index in [9.17, 15) is 0 Å². The molecule has 0 unspecified atom stereocenters. The van der Waals surface area contributed by atoms with Crippen LogP contribution in [0.1, 0.15) is 38.3 Å². The van der Waals surface area contributed by atoms with Gasteiger partial charge >= 0.3 is 0 Å². The fourth-order valence-corrected chi connectivity index (χ4v) is 1.07. The van der Waals surface area contributed by atoms with E-state index in [0.717, 1.165) is 6.42 Å². The monoisotopic (exact) mass is 176 g/mol. The Hall–Kier alpha value is -1.04. The summed E-state index contributed by atoms with van der Waals surface area (Å²) in [5.74, 6) is 0. The third kappa shape index (κ3) is 3.93. The molecule has 1 aromatic carbocycles. The lowest BCUT2D eigenvalue weighted by Crippen LogP contribution is -1.81. The van der Waals surface area contributed by atoms with E-state index < -0.39 is 0 Å². The summed E-state index contributed by atoms with van der Waals surface area (Å²) in [6.07, 6.45) is 1.03. The summed E-state index contributed by atoms with van der Waals surface area (Å²) in [4.78, 5) is 0. The lowest BCUT2D eigenvalue weighted by Gasteiger charge is -2.02. The zero-order valence-electron chi connectivity index (χ0n) is 9.22. The molecule has 0 N–H and O–H groups in total. The highest BCUT2D eigenvalue weighted by atomic mass is 14.0. The molecule has 0 atom stereocenters. The van der Waals surface area contributed by atoms with Gasteiger partial charge in [0.25, 0.3) is 0 Å². The molecule has 0 heterocycles. The molecular weight excluding hydrogens is 156 g/mol. The van der Waals surface area contributed by atoms with Gasteiger partial charge in [-0.3, -0.25) is 0 Å². The standard InChI is InChI=1S/C11H14.C2H6/c1-4-10(3)11-7-5-6-9(2)8-11;1-2/h5-8H,3-4H2,1-2H3;1-2H3. The Bertz CT molecular complexity index is 258. The van der Waals surface area contributed by atoms with E-state index in [-0.39, 0.29) is 0 Å². The van der Waals surface area contributed by atoms with Gasteiger partial charge in [0.15, 0.2) is 0 Å². The van der Waals surface area contributed by atoms with Crippen LogP contribution in [0.4, 0.5) is 0 Å². The van der Waals surface area contributed by atoms with Crippen molar-refractivity contribution in [1.82, 2.24) is 0 Å². The van der Waals surface area contributed by atoms with Crippen LogP contribution in [0.3, 0.4) is 0 Å². The van der Waals surface area contributed by atoms with E-state index in [1.54, 1.807) is 0 Å². The fraction of sp³-hybridized carbons (Fsp3) is 0.385. The van der Waals surface area contributed by atoms with E-state index in [1.807, 2.05) is 13.8 Å². The van der Waals surface area contributed by atoms with Gasteiger partial charge in [0.2, 0.25) is 0 Å². The van der Waals surface area contributed by atoms with Gasteiger partial charge in [0, 0.05) is 0 Å². The summed E-state index contributed by atoms with van der Waals surface area (Å²) >= 11 is 0. The van der Waals surface area contributed by atoms with Gasteiger partial charge < -0.3 is 0 Å². The highest BCUT2D eigenvalue weighted by Gasteiger charge is 1.94. The van der Waals surface area contributed by atoms with Crippen LogP contribution >= 0.6 is 0 Å². The molecule has 0 aromatic heterocycles. The lowest BCUT2D eigenvalue weighted by molar-refractivity contribution is 1.24. The van der Waals surface area contributed by atoms with Gasteiger partial charge in [-0.25, -0.2) is 0 Å². The Morgan fingerprint density at radius 1 is 1.31 bits per heavy atom. The molecule has 0 radical (unpaired) electrons. The van der Waals surface area contributed by atoms with E-state index in [4.69, 9.17) is 0 Å². The molecule has 0 aliphatic heterocycles. The average molecular weight is 176 g/mol. The first-order chi connectivity index (χ1) is 6.24. The van der Waals surface area contributed by atoms with Gasteiger partial charge in [-0.15, -0.1) is 0 Å². The summed E-state index contributed by atoms with van der Waals surface area (Å²) in [6, 6.07) is 8.46. The zero-order chi connectivity index (χ0) is 10.3. The molecule has 0 aliphatic rings. The van der Waals surface area contributed by atoms with E-state index >= 15 is 0 Å². The van der Waals surface area contributed by atoms with Crippen LogP contribution in [0.15, 0.2) is 30.8 Å². The molecule has 0 spiro atoms. The van der Waals surface area contributed by atoms with Crippen molar-refractivity contribution < 1.29 is 0 Å². The maximum absolute atomic E-state index is 3.98. The number of rotatable bonds is 2. The molecule has 1 rings (SSSR count). The van der Waals surface area contributed by atoms with Crippen LogP contribution in [0.2, 0.25) is 0 Å². The number of benzene rings is 1. The topological polar surface area (TPSA) is 0 Å². The quantitative estimate of drug-likeness (QED) is 0.624. The van der Waals surface area contributed by atoms with Crippen LogP contribution in [0.25, 0.3) is 5.57 Å². The maximum atomic E-state index is 3.98. The SMILES string of the molecule is C=C(CC)c1cccc(C)c1.CC. The van der Waals surface area contributed by atoms with Crippen LogP contribution in [-0.2, 0) is 0 Å². The Morgan fingerprint density at radius 3 is 2.38 bits per heavy atom.